The van der Waals surface area contributed by atoms with Crippen LogP contribution in [0.4, 0.5) is 16.2 Å². The number of hydrogen-bond acceptors (Lipinski definition) is 4. The quantitative estimate of drug-likeness (QED) is 0.293. The highest BCUT2D eigenvalue weighted by molar-refractivity contribution is 5.91. The van der Waals surface area contributed by atoms with E-state index in [1.54, 1.807) is 7.11 Å². The number of carbonyl (C=O) groups excluding carboxylic acids is 1. The highest BCUT2D eigenvalue weighted by atomic mass is 16.5. The third-order valence-electron chi connectivity index (χ3n) is 7.42. The number of aromatic nitrogens is 3. The summed E-state index contributed by atoms with van der Waals surface area (Å²) >= 11 is 0. The summed E-state index contributed by atoms with van der Waals surface area (Å²) in [4.78, 5) is 18.1. The van der Waals surface area contributed by atoms with E-state index >= 15 is 0 Å². The van der Waals surface area contributed by atoms with Gasteiger partial charge in [-0.25, -0.2) is 9.48 Å². The van der Waals surface area contributed by atoms with E-state index < -0.39 is 0 Å². The number of urea groups is 1. The fourth-order valence-corrected chi connectivity index (χ4v) is 5.39. The van der Waals surface area contributed by atoms with Crippen LogP contribution in [0.25, 0.3) is 11.5 Å². The van der Waals surface area contributed by atoms with Gasteiger partial charge in [0.15, 0.2) is 0 Å². The summed E-state index contributed by atoms with van der Waals surface area (Å²) in [7, 11) is 5.65. The van der Waals surface area contributed by atoms with Gasteiger partial charge < -0.3 is 24.4 Å². The van der Waals surface area contributed by atoms with Crippen molar-refractivity contribution in [3.8, 4) is 17.3 Å². The van der Waals surface area contributed by atoms with Crippen LogP contribution in [-0.4, -0.2) is 46.5 Å². The van der Waals surface area contributed by atoms with Crippen LogP contribution in [-0.2, 0) is 6.54 Å². The van der Waals surface area contributed by atoms with Crippen molar-refractivity contribution in [3.63, 3.8) is 0 Å². The van der Waals surface area contributed by atoms with Crippen LogP contribution in [0.1, 0.15) is 28.6 Å². The molecule has 2 aromatic heterocycles. The number of nitrogens with one attached hydrogen (secondary N) is 1. The van der Waals surface area contributed by atoms with E-state index in [0.29, 0.717) is 18.0 Å². The molecule has 5 aromatic rings. The first-order valence-electron chi connectivity index (χ1n) is 13.3. The van der Waals surface area contributed by atoms with E-state index in [1.807, 2.05) is 91.3 Å². The van der Waals surface area contributed by atoms with Gasteiger partial charge in [-0.15, -0.1) is 0 Å². The van der Waals surface area contributed by atoms with Gasteiger partial charge in [0.2, 0.25) is 0 Å². The molecule has 3 heterocycles. The van der Waals surface area contributed by atoms with Crippen LogP contribution < -0.4 is 15.0 Å². The summed E-state index contributed by atoms with van der Waals surface area (Å²) in [6.07, 6.45) is 2.05. The molecule has 0 radical (unpaired) electrons. The number of hydrogen-bond donors (Lipinski definition) is 1. The van der Waals surface area contributed by atoms with Gasteiger partial charge in [-0.05, 0) is 61.0 Å². The molecule has 1 aliphatic heterocycles. The molecule has 0 saturated heterocycles. The maximum atomic E-state index is 14.2. The Morgan fingerprint density at radius 1 is 0.950 bits per heavy atom. The fourth-order valence-electron chi connectivity index (χ4n) is 5.39. The lowest BCUT2D eigenvalue weighted by atomic mass is 10.0. The summed E-state index contributed by atoms with van der Waals surface area (Å²) in [6, 6.07) is 29.5. The zero-order valence-corrected chi connectivity index (χ0v) is 23.1. The molecule has 202 valence electrons. The Morgan fingerprint density at radius 2 is 1.68 bits per heavy atom. The van der Waals surface area contributed by atoms with Crippen molar-refractivity contribution in [3.05, 3.63) is 120 Å². The fraction of sp³-hybridized carbons (Fsp3) is 0.188. The second-order valence-electron chi connectivity index (χ2n) is 10.1. The molecule has 3 aromatic carbocycles. The number of carbonyl (C=O) groups is 1. The highest BCUT2D eigenvalue weighted by Crippen LogP contribution is 2.39. The second-order valence-corrected chi connectivity index (χ2v) is 10.1. The van der Waals surface area contributed by atoms with Gasteiger partial charge in [0.1, 0.15) is 11.6 Å². The van der Waals surface area contributed by atoms with Crippen LogP contribution in [0.15, 0.2) is 97.2 Å². The Balaban J connectivity index is 1.52. The molecule has 0 bridgehead atoms. The highest BCUT2D eigenvalue weighted by Gasteiger charge is 2.36. The molecule has 40 heavy (non-hydrogen) atoms. The maximum absolute atomic E-state index is 14.2. The maximum Gasteiger partial charge on any atom is 0.323 e. The number of aryl methyl sites for hydroxylation is 1. The van der Waals surface area contributed by atoms with Gasteiger partial charge in [-0.2, -0.15) is 5.10 Å². The normalized spacial score (nSPS) is 14.2. The molecule has 0 fully saturated rings. The first-order valence-corrected chi connectivity index (χ1v) is 13.3. The van der Waals surface area contributed by atoms with Crippen molar-refractivity contribution in [2.45, 2.75) is 19.5 Å². The molecule has 1 atom stereocenters. The predicted octanol–water partition coefficient (Wildman–Crippen LogP) is 6.18. The lowest BCUT2D eigenvalue weighted by Crippen LogP contribution is -2.38. The van der Waals surface area contributed by atoms with E-state index in [1.165, 1.54) is 0 Å². The molecule has 0 saturated carbocycles. The summed E-state index contributed by atoms with van der Waals surface area (Å²) in [5, 5.41) is 8.05. The van der Waals surface area contributed by atoms with Gasteiger partial charge >= 0.3 is 6.03 Å². The Labute approximate surface area is 234 Å². The summed E-state index contributed by atoms with van der Waals surface area (Å²) in [5.41, 5.74) is 6.53. The Hall–Kier alpha value is -4.98. The van der Waals surface area contributed by atoms with Crippen molar-refractivity contribution in [1.29, 1.82) is 0 Å². The predicted molar refractivity (Wildman–Crippen MR) is 158 cm³/mol. The van der Waals surface area contributed by atoms with Crippen LogP contribution in [0.3, 0.4) is 0 Å². The van der Waals surface area contributed by atoms with Gasteiger partial charge in [-0.1, -0.05) is 42.5 Å². The van der Waals surface area contributed by atoms with Crippen molar-refractivity contribution < 1.29 is 9.53 Å². The third kappa shape index (κ3) is 4.37. The number of ether oxygens (including phenoxy) is 1. The van der Waals surface area contributed by atoms with Crippen molar-refractivity contribution in [1.82, 2.24) is 19.2 Å². The van der Waals surface area contributed by atoms with E-state index in [9.17, 15) is 4.79 Å². The minimum absolute atomic E-state index is 0.223. The number of amides is 2. The van der Waals surface area contributed by atoms with Gasteiger partial charge in [0.05, 0.1) is 42.5 Å². The van der Waals surface area contributed by atoms with E-state index in [2.05, 4.69) is 51.3 Å². The largest absolute Gasteiger partial charge is 0.495 e. The Kier molecular flexibility index (Phi) is 6.51. The molecule has 1 aliphatic rings. The second kappa shape index (κ2) is 10.3. The number of nitrogens with zero attached hydrogens (tertiary/aromatic N) is 5. The smallest absolute Gasteiger partial charge is 0.323 e. The third-order valence-corrected chi connectivity index (χ3v) is 7.42. The first-order chi connectivity index (χ1) is 19.5. The molecule has 2 amide bonds. The summed E-state index contributed by atoms with van der Waals surface area (Å²) < 4.78 is 9.67. The number of anilines is 2. The number of rotatable bonds is 5. The van der Waals surface area contributed by atoms with Gasteiger partial charge in [0, 0.05) is 31.5 Å². The van der Waals surface area contributed by atoms with Gasteiger partial charge in [-0.3, -0.25) is 0 Å². The SMILES string of the molecule is COc1ccccc1NC(=O)N1Cc2c(C)nn(-c3ccccc3)c2-n2cccc2C1c1ccc(N(C)C)cc1. The average Bonchev–Trinajstić information content (AvgIpc) is 3.54. The molecule has 0 spiro atoms. The minimum atomic E-state index is -0.350. The van der Waals surface area contributed by atoms with E-state index in [4.69, 9.17) is 9.84 Å². The van der Waals surface area contributed by atoms with Crippen LogP contribution in [0.5, 0.6) is 5.75 Å². The summed E-state index contributed by atoms with van der Waals surface area (Å²) in [6.45, 7) is 2.38. The summed E-state index contributed by atoms with van der Waals surface area (Å²) in [5.74, 6) is 1.54. The van der Waals surface area contributed by atoms with E-state index in [0.717, 1.165) is 39.7 Å². The zero-order valence-electron chi connectivity index (χ0n) is 23.1. The molecular formula is C32H32N6O2. The molecule has 6 rings (SSSR count). The molecule has 1 unspecified atom stereocenters. The van der Waals surface area contributed by atoms with Gasteiger partial charge in [0.25, 0.3) is 0 Å². The number of para-hydroxylation sites is 3. The van der Waals surface area contributed by atoms with Crippen molar-refractivity contribution in [2.24, 2.45) is 0 Å². The number of methoxy groups -OCH3 is 1. The van der Waals surface area contributed by atoms with Crippen LogP contribution in [0.2, 0.25) is 0 Å². The van der Waals surface area contributed by atoms with Crippen LogP contribution >= 0.6 is 0 Å². The topological polar surface area (TPSA) is 67.6 Å². The zero-order chi connectivity index (χ0) is 27.8. The van der Waals surface area contributed by atoms with E-state index in [-0.39, 0.29) is 12.1 Å². The molecule has 0 aliphatic carbocycles. The standard InChI is InChI=1S/C32H32N6O2/c1-22-26-21-37(32(39)33-27-13-8-9-15-29(27)40-4)30(23-16-18-24(19-17-23)35(2)3)28-14-10-20-36(28)31(26)38(34-22)25-11-6-5-7-12-25/h5-20,30H,21H2,1-4H3,(H,33,39). The minimum Gasteiger partial charge on any atom is -0.495 e. The first kappa shape index (κ1) is 25.3. The number of benzene rings is 3. The Morgan fingerprint density at radius 3 is 2.40 bits per heavy atom. The Bertz CT molecular complexity index is 1650. The molecule has 8 nitrogen and oxygen atoms in total. The number of fused-ring (bicyclic) bond motifs is 3. The molecule has 1 N–H and O–H groups in total. The van der Waals surface area contributed by atoms with Crippen LogP contribution in [0, 0.1) is 6.92 Å². The monoisotopic (exact) mass is 532 g/mol. The average molecular weight is 533 g/mol. The van der Waals surface area contributed by atoms with Crippen molar-refractivity contribution in [2.75, 3.05) is 31.4 Å². The molecule has 8 heteroatoms. The lowest BCUT2D eigenvalue weighted by Gasteiger charge is -2.31. The van der Waals surface area contributed by atoms with Crippen molar-refractivity contribution >= 4 is 17.4 Å². The lowest BCUT2D eigenvalue weighted by molar-refractivity contribution is 0.194. The molecular weight excluding hydrogens is 500 g/mol.